The Kier molecular flexibility index (Phi) is 5.16. The van der Waals surface area contributed by atoms with E-state index in [0.717, 1.165) is 59.7 Å². The van der Waals surface area contributed by atoms with E-state index in [-0.39, 0.29) is 0 Å². The minimum atomic E-state index is 0.497. The molecule has 0 bridgehead atoms. The molecule has 0 atom stereocenters. The molecule has 1 fully saturated rings. The van der Waals surface area contributed by atoms with Gasteiger partial charge < -0.3 is 15.1 Å². The van der Waals surface area contributed by atoms with Crippen molar-refractivity contribution in [2.45, 2.75) is 25.8 Å². The lowest BCUT2D eigenvalue weighted by Crippen LogP contribution is -2.42. The number of hydrogen-bond acceptors (Lipinski definition) is 6. The van der Waals surface area contributed by atoms with Gasteiger partial charge in [-0.25, -0.2) is 15.0 Å². The molecule has 1 aliphatic rings. The summed E-state index contributed by atoms with van der Waals surface area (Å²) in [6.45, 7) is 4.26. The number of aromatic nitrogens is 4. The highest BCUT2D eigenvalue weighted by molar-refractivity contribution is 6.33. The predicted molar refractivity (Wildman–Crippen MR) is 127 cm³/mol. The number of piperidine rings is 1. The second kappa shape index (κ2) is 7.98. The molecule has 4 heterocycles. The van der Waals surface area contributed by atoms with Crippen LogP contribution < -0.4 is 10.2 Å². The van der Waals surface area contributed by atoms with Gasteiger partial charge in [-0.3, -0.25) is 4.40 Å². The molecule has 5 rings (SSSR count). The summed E-state index contributed by atoms with van der Waals surface area (Å²) in [6.07, 6.45) is 5.88. The Hall–Kier alpha value is -2.90. The van der Waals surface area contributed by atoms with Gasteiger partial charge in [0.05, 0.1) is 16.9 Å². The third-order valence-corrected chi connectivity index (χ3v) is 6.56. The normalized spacial score (nSPS) is 15.6. The number of nitrogens with zero attached hydrogens (tertiary/aromatic N) is 6. The number of imidazole rings is 1. The Morgan fingerprint density at radius 3 is 2.71 bits per heavy atom. The average molecular weight is 436 g/mol. The molecule has 31 heavy (non-hydrogen) atoms. The van der Waals surface area contributed by atoms with E-state index in [4.69, 9.17) is 21.6 Å². The molecule has 0 spiro atoms. The molecule has 0 radical (unpaired) electrons. The lowest BCUT2D eigenvalue weighted by atomic mass is 10.0. The average Bonchev–Trinajstić information content (AvgIpc) is 3.27. The van der Waals surface area contributed by atoms with E-state index in [0.29, 0.717) is 16.9 Å². The maximum absolute atomic E-state index is 6.43. The molecule has 7 nitrogen and oxygen atoms in total. The molecular weight excluding hydrogens is 410 g/mol. The van der Waals surface area contributed by atoms with Gasteiger partial charge in [-0.15, -0.1) is 0 Å². The van der Waals surface area contributed by atoms with Crippen LogP contribution in [0.25, 0.3) is 16.7 Å². The Bertz CT molecular complexity index is 1220. The van der Waals surface area contributed by atoms with Crippen molar-refractivity contribution < 1.29 is 0 Å². The van der Waals surface area contributed by atoms with Gasteiger partial charge in [0.25, 0.3) is 0 Å². The van der Waals surface area contributed by atoms with E-state index in [2.05, 4.69) is 40.3 Å². The lowest BCUT2D eigenvalue weighted by Gasteiger charge is -2.35. The summed E-state index contributed by atoms with van der Waals surface area (Å²) in [4.78, 5) is 18.9. The molecule has 1 aliphatic heterocycles. The molecule has 1 saturated heterocycles. The first-order valence-corrected chi connectivity index (χ1v) is 11.0. The molecule has 0 aliphatic carbocycles. The standard InChI is InChI=1S/C23H26ClN7/c1-15-5-4-6-17(24)21(15)28-22-19-13-25-14-31(19)23-18(26-22)7-8-20(27-23)30(3)16-9-11-29(2)12-10-16/h4-8,13-14,16H,9-12H2,1-3H3,(H,26,28). The fourth-order valence-corrected chi connectivity index (χ4v) is 4.55. The van der Waals surface area contributed by atoms with Gasteiger partial charge >= 0.3 is 0 Å². The highest BCUT2D eigenvalue weighted by atomic mass is 35.5. The largest absolute Gasteiger partial charge is 0.357 e. The molecule has 0 amide bonds. The van der Waals surface area contributed by atoms with Gasteiger partial charge in [-0.1, -0.05) is 23.7 Å². The van der Waals surface area contributed by atoms with Gasteiger partial charge in [0, 0.05) is 13.1 Å². The maximum Gasteiger partial charge on any atom is 0.166 e. The van der Waals surface area contributed by atoms with E-state index in [1.54, 1.807) is 12.5 Å². The number of para-hydroxylation sites is 1. The first-order chi connectivity index (χ1) is 15.0. The maximum atomic E-state index is 6.43. The summed E-state index contributed by atoms with van der Waals surface area (Å²) < 4.78 is 1.99. The fourth-order valence-electron chi connectivity index (χ4n) is 4.28. The van der Waals surface area contributed by atoms with Crippen molar-refractivity contribution in [1.29, 1.82) is 0 Å². The number of anilines is 3. The summed E-state index contributed by atoms with van der Waals surface area (Å²) in [5, 5.41) is 4.07. The van der Waals surface area contributed by atoms with Crippen molar-refractivity contribution in [3.05, 3.63) is 53.4 Å². The fraction of sp³-hybridized carbons (Fsp3) is 0.348. The smallest absolute Gasteiger partial charge is 0.166 e. The quantitative estimate of drug-likeness (QED) is 0.508. The van der Waals surface area contributed by atoms with Crippen LogP contribution in [-0.2, 0) is 0 Å². The molecule has 1 N–H and O–H groups in total. The van der Waals surface area contributed by atoms with Crippen LogP contribution in [0.1, 0.15) is 18.4 Å². The number of likely N-dealkylation sites (tertiary alicyclic amines) is 1. The van der Waals surface area contributed by atoms with Gasteiger partial charge in [-0.2, -0.15) is 0 Å². The van der Waals surface area contributed by atoms with Gasteiger partial charge in [0.1, 0.15) is 23.2 Å². The number of hydrogen-bond donors (Lipinski definition) is 1. The first kappa shape index (κ1) is 20.0. The van der Waals surface area contributed by atoms with E-state index >= 15 is 0 Å². The van der Waals surface area contributed by atoms with Crippen molar-refractivity contribution in [3.63, 3.8) is 0 Å². The molecule has 0 saturated carbocycles. The summed E-state index contributed by atoms with van der Waals surface area (Å²) in [6, 6.07) is 10.4. The lowest BCUT2D eigenvalue weighted by molar-refractivity contribution is 0.252. The van der Waals surface area contributed by atoms with Crippen molar-refractivity contribution in [3.8, 4) is 0 Å². The molecule has 3 aromatic heterocycles. The third-order valence-electron chi connectivity index (χ3n) is 6.24. The number of fused-ring (bicyclic) bond motifs is 3. The molecule has 8 heteroatoms. The van der Waals surface area contributed by atoms with Gasteiger partial charge in [-0.05, 0) is 63.7 Å². The zero-order valence-corrected chi connectivity index (χ0v) is 18.8. The number of benzene rings is 1. The Labute approximate surface area is 186 Å². The predicted octanol–water partition coefficient (Wildman–Crippen LogP) is 4.51. The molecule has 0 unspecified atom stereocenters. The topological polar surface area (TPSA) is 61.6 Å². The highest BCUT2D eigenvalue weighted by Gasteiger charge is 2.22. The minimum absolute atomic E-state index is 0.497. The Morgan fingerprint density at radius 1 is 1.13 bits per heavy atom. The summed E-state index contributed by atoms with van der Waals surface area (Å²) in [7, 11) is 4.32. The van der Waals surface area contributed by atoms with Crippen molar-refractivity contribution >= 4 is 45.6 Å². The molecule has 4 aromatic rings. The van der Waals surface area contributed by atoms with Crippen LogP contribution in [0.4, 0.5) is 17.3 Å². The van der Waals surface area contributed by atoms with Crippen LogP contribution in [0, 0.1) is 6.92 Å². The van der Waals surface area contributed by atoms with Gasteiger partial charge in [0.2, 0.25) is 0 Å². The van der Waals surface area contributed by atoms with Crippen LogP contribution in [0.3, 0.4) is 0 Å². The van der Waals surface area contributed by atoms with Crippen molar-refractivity contribution in [2.75, 3.05) is 37.4 Å². The van der Waals surface area contributed by atoms with Crippen LogP contribution >= 0.6 is 11.6 Å². The van der Waals surface area contributed by atoms with E-state index in [1.807, 2.05) is 35.6 Å². The molecular formula is C23H26ClN7. The second-order valence-corrected chi connectivity index (χ2v) is 8.73. The highest BCUT2D eigenvalue weighted by Crippen LogP contribution is 2.31. The van der Waals surface area contributed by atoms with Crippen LogP contribution in [0.15, 0.2) is 42.9 Å². The van der Waals surface area contributed by atoms with Crippen LogP contribution in [0.2, 0.25) is 5.02 Å². The zero-order valence-electron chi connectivity index (χ0n) is 18.0. The third kappa shape index (κ3) is 3.68. The Morgan fingerprint density at radius 2 is 1.94 bits per heavy atom. The van der Waals surface area contributed by atoms with E-state index in [9.17, 15) is 0 Å². The summed E-state index contributed by atoms with van der Waals surface area (Å²) in [5.41, 5.74) is 4.37. The molecule has 160 valence electrons. The first-order valence-electron chi connectivity index (χ1n) is 10.6. The second-order valence-electron chi connectivity index (χ2n) is 8.32. The van der Waals surface area contributed by atoms with Crippen LogP contribution in [0.5, 0.6) is 0 Å². The SMILES string of the molecule is Cc1cccc(Cl)c1Nc1nc2ccc(N(C)C3CCN(C)CC3)nc2n2cncc12. The monoisotopic (exact) mass is 435 g/mol. The number of pyridine rings is 1. The van der Waals surface area contributed by atoms with Crippen LogP contribution in [-0.4, -0.2) is 57.5 Å². The molecule has 1 aromatic carbocycles. The number of aryl methyl sites for hydroxylation is 1. The van der Waals surface area contributed by atoms with E-state index < -0.39 is 0 Å². The van der Waals surface area contributed by atoms with Crippen molar-refractivity contribution in [2.24, 2.45) is 0 Å². The van der Waals surface area contributed by atoms with Gasteiger partial charge in [0.15, 0.2) is 11.5 Å². The van der Waals surface area contributed by atoms with Crippen molar-refractivity contribution in [1.82, 2.24) is 24.3 Å². The minimum Gasteiger partial charge on any atom is -0.357 e. The zero-order chi connectivity index (χ0) is 21.5. The summed E-state index contributed by atoms with van der Waals surface area (Å²) >= 11 is 6.43. The summed E-state index contributed by atoms with van der Waals surface area (Å²) in [5.74, 6) is 1.67. The number of halogens is 1. The number of nitrogens with one attached hydrogen (secondary N) is 1. The Balaban J connectivity index is 1.54. The van der Waals surface area contributed by atoms with E-state index in [1.165, 1.54) is 0 Å². The number of rotatable bonds is 4.